The van der Waals surface area contributed by atoms with Crippen molar-refractivity contribution in [3.8, 4) is 0 Å². The van der Waals surface area contributed by atoms with E-state index in [0.29, 0.717) is 12.0 Å². The molecule has 0 saturated carbocycles. The Morgan fingerprint density at radius 2 is 2.05 bits per heavy atom. The maximum Gasteiger partial charge on any atom is 0.261 e. The molecule has 1 aromatic heterocycles. The predicted octanol–water partition coefficient (Wildman–Crippen LogP) is 2.61. The molecule has 0 aliphatic heterocycles. The van der Waals surface area contributed by atoms with Crippen LogP contribution < -0.4 is 4.72 Å². The molecule has 0 aliphatic rings. The van der Waals surface area contributed by atoms with Gasteiger partial charge in [-0.05, 0) is 24.3 Å². The molecule has 5 nitrogen and oxygen atoms in total. The third-order valence-electron chi connectivity index (χ3n) is 2.77. The van der Waals surface area contributed by atoms with Gasteiger partial charge in [0.2, 0.25) is 5.95 Å². The molecule has 1 heterocycles. The van der Waals surface area contributed by atoms with E-state index in [1.807, 2.05) is 0 Å². The highest BCUT2D eigenvalue weighted by Gasteiger charge is 2.16. The van der Waals surface area contributed by atoms with Crippen molar-refractivity contribution in [3.63, 3.8) is 0 Å². The van der Waals surface area contributed by atoms with Gasteiger partial charge in [0.25, 0.3) is 10.0 Å². The minimum atomic E-state index is -3.86. The van der Waals surface area contributed by atoms with E-state index in [-0.39, 0.29) is 16.4 Å². The van der Waals surface area contributed by atoms with Crippen LogP contribution in [0, 0.1) is 5.95 Å². The SMILES string of the molecule is CCC(=O)c1cccc(S(=O)(=O)Nc2ccc(F)nc2)c1. The maximum atomic E-state index is 12.7. The normalized spacial score (nSPS) is 11.1. The number of rotatable bonds is 5. The third-order valence-corrected chi connectivity index (χ3v) is 4.15. The van der Waals surface area contributed by atoms with Crippen molar-refractivity contribution in [1.29, 1.82) is 0 Å². The molecule has 0 fully saturated rings. The fourth-order valence-electron chi connectivity index (χ4n) is 1.69. The van der Waals surface area contributed by atoms with Crippen LogP contribution in [0.4, 0.5) is 10.1 Å². The highest BCUT2D eigenvalue weighted by Crippen LogP contribution is 2.17. The number of carbonyl (C=O) groups excluding carboxylic acids is 1. The van der Waals surface area contributed by atoms with Crippen molar-refractivity contribution in [2.45, 2.75) is 18.2 Å². The van der Waals surface area contributed by atoms with E-state index in [1.165, 1.54) is 24.3 Å². The molecule has 110 valence electrons. The topological polar surface area (TPSA) is 76.1 Å². The summed E-state index contributed by atoms with van der Waals surface area (Å²) in [6, 6.07) is 8.07. The smallest absolute Gasteiger partial charge is 0.261 e. The Hall–Kier alpha value is -2.28. The number of halogens is 1. The highest BCUT2D eigenvalue weighted by atomic mass is 32.2. The number of pyridine rings is 1. The lowest BCUT2D eigenvalue weighted by Crippen LogP contribution is -2.14. The van der Waals surface area contributed by atoms with Crippen LogP contribution in [-0.4, -0.2) is 19.2 Å². The van der Waals surface area contributed by atoms with Gasteiger partial charge in [-0.25, -0.2) is 13.4 Å². The molecule has 0 amide bonds. The fraction of sp³-hybridized carbons (Fsp3) is 0.143. The summed E-state index contributed by atoms with van der Waals surface area (Å²) in [5.41, 5.74) is 0.473. The summed E-state index contributed by atoms with van der Waals surface area (Å²) in [4.78, 5) is 15.0. The predicted molar refractivity (Wildman–Crippen MR) is 76.1 cm³/mol. The van der Waals surface area contributed by atoms with Crippen molar-refractivity contribution in [1.82, 2.24) is 4.98 Å². The Labute approximate surface area is 121 Å². The minimum absolute atomic E-state index is 0.0360. The standard InChI is InChI=1S/C14H13FN2O3S/c1-2-13(18)10-4-3-5-12(8-10)21(19,20)17-11-6-7-14(15)16-9-11/h3-9,17H,2H2,1H3. The number of benzene rings is 1. The number of aromatic nitrogens is 1. The lowest BCUT2D eigenvalue weighted by Gasteiger charge is -2.08. The lowest BCUT2D eigenvalue weighted by atomic mass is 10.1. The average Bonchev–Trinajstić information content (AvgIpc) is 2.49. The molecule has 0 unspecified atom stereocenters. The number of Topliss-reactive ketones (excluding diaryl/α,β-unsaturated/α-hetero) is 1. The molecule has 0 saturated heterocycles. The van der Waals surface area contributed by atoms with Gasteiger partial charge in [0, 0.05) is 12.0 Å². The van der Waals surface area contributed by atoms with E-state index in [1.54, 1.807) is 13.0 Å². The second-order valence-electron chi connectivity index (χ2n) is 4.28. The van der Waals surface area contributed by atoms with E-state index < -0.39 is 16.0 Å². The zero-order chi connectivity index (χ0) is 15.5. The Morgan fingerprint density at radius 1 is 1.29 bits per heavy atom. The van der Waals surface area contributed by atoms with Crippen molar-refractivity contribution in [2.24, 2.45) is 0 Å². The van der Waals surface area contributed by atoms with Crippen molar-refractivity contribution in [3.05, 3.63) is 54.1 Å². The second-order valence-corrected chi connectivity index (χ2v) is 5.96. The quantitative estimate of drug-likeness (QED) is 0.680. The van der Waals surface area contributed by atoms with E-state index >= 15 is 0 Å². The molecule has 1 aromatic carbocycles. The van der Waals surface area contributed by atoms with Gasteiger partial charge < -0.3 is 0 Å². The number of nitrogens with one attached hydrogen (secondary N) is 1. The monoisotopic (exact) mass is 308 g/mol. The van der Waals surface area contributed by atoms with Gasteiger partial charge >= 0.3 is 0 Å². The maximum absolute atomic E-state index is 12.7. The molecule has 0 atom stereocenters. The van der Waals surface area contributed by atoms with Crippen LogP contribution in [0.5, 0.6) is 0 Å². The zero-order valence-corrected chi connectivity index (χ0v) is 12.0. The number of nitrogens with zero attached hydrogens (tertiary/aromatic N) is 1. The lowest BCUT2D eigenvalue weighted by molar-refractivity contribution is 0.0988. The molecule has 0 aliphatic carbocycles. The van der Waals surface area contributed by atoms with Crippen LogP contribution in [-0.2, 0) is 10.0 Å². The van der Waals surface area contributed by atoms with Gasteiger partial charge in [-0.3, -0.25) is 9.52 Å². The number of anilines is 1. The number of ketones is 1. The first-order valence-electron chi connectivity index (χ1n) is 6.20. The van der Waals surface area contributed by atoms with E-state index in [2.05, 4.69) is 9.71 Å². The fourth-order valence-corrected chi connectivity index (χ4v) is 2.78. The molecule has 0 spiro atoms. The molecule has 1 N–H and O–H groups in total. The zero-order valence-electron chi connectivity index (χ0n) is 11.2. The first-order chi connectivity index (χ1) is 9.92. The van der Waals surface area contributed by atoms with Crippen LogP contribution in [0.3, 0.4) is 0 Å². The van der Waals surface area contributed by atoms with Crippen LogP contribution in [0.2, 0.25) is 0 Å². The average molecular weight is 308 g/mol. The number of sulfonamides is 1. The van der Waals surface area contributed by atoms with Crippen LogP contribution in [0.25, 0.3) is 0 Å². The number of hydrogen-bond acceptors (Lipinski definition) is 4. The van der Waals surface area contributed by atoms with E-state index in [9.17, 15) is 17.6 Å². The molecule has 7 heteroatoms. The molecule has 2 rings (SSSR count). The van der Waals surface area contributed by atoms with Gasteiger partial charge in [-0.1, -0.05) is 19.1 Å². The third kappa shape index (κ3) is 3.63. The van der Waals surface area contributed by atoms with E-state index in [4.69, 9.17) is 0 Å². The van der Waals surface area contributed by atoms with Gasteiger partial charge in [-0.2, -0.15) is 4.39 Å². The van der Waals surface area contributed by atoms with Gasteiger partial charge in [0.05, 0.1) is 16.8 Å². The number of hydrogen-bond donors (Lipinski definition) is 1. The molecule has 0 radical (unpaired) electrons. The van der Waals surface area contributed by atoms with Crippen molar-refractivity contribution in [2.75, 3.05) is 4.72 Å². The van der Waals surface area contributed by atoms with Crippen molar-refractivity contribution >= 4 is 21.5 Å². The first-order valence-corrected chi connectivity index (χ1v) is 7.68. The van der Waals surface area contributed by atoms with Gasteiger partial charge in [0.15, 0.2) is 5.78 Å². The first kappa shape index (κ1) is 15.1. The second kappa shape index (κ2) is 6.01. The molecular weight excluding hydrogens is 295 g/mol. The molecular formula is C14H13FN2O3S. The summed E-state index contributed by atoms with van der Waals surface area (Å²) >= 11 is 0. The van der Waals surface area contributed by atoms with Crippen LogP contribution in [0.1, 0.15) is 23.7 Å². The number of carbonyl (C=O) groups is 1. The highest BCUT2D eigenvalue weighted by molar-refractivity contribution is 7.92. The van der Waals surface area contributed by atoms with Gasteiger partial charge in [-0.15, -0.1) is 0 Å². The molecule has 0 bridgehead atoms. The van der Waals surface area contributed by atoms with Crippen molar-refractivity contribution < 1.29 is 17.6 Å². The Kier molecular flexibility index (Phi) is 4.32. The Morgan fingerprint density at radius 3 is 2.67 bits per heavy atom. The summed E-state index contributed by atoms with van der Waals surface area (Å²) in [5, 5.41) is 0. The van der Waals surface area contributed by atoms with E-state index in [0.717, 1.165) is 12.3 Å². The summed E-state index contributed by atoms with van der Waals surface area (Å²) in [7, 11) is -3.86. The Bertz CT molecular complexity index is 758. The largest absolute Gasteiger partial charge is 0.294 e. The van der Waals surface area contributed by atoms with Crippen LogP contribution in [0.15, 0.2) is 47.5 Å². The molecule has 2 aromatic rings. The van der Waals surface area contributed by atoms with Crippen LogP contribution >= 0.6 is 0 Å². The van der Waals surface area contributed by atoms with Gasteiger partial charge in [0.1, 0.15) is 0 Å². The summed E-state index contributed by atoms with van der Waals surface area (Å²) < 4.78 is 39.4. The summed E-state index contributed by atoms with van der Waals surface area (Å²) in [5.74, 6) is -0.844. The minimum Gasteiger partial charge on any atom is -0.294 e. The summed E-state index contributed by atoms with van der Waals surface area (Å²) in [6.45, 7) is 1.70. The Balaban J connectivity index is 2.31. The summed E-state index contributed by atoms with van der Waals surface area (Å²) in [6.07, 6.45) is 1.37. The molecule has 21 heavy (non-hydrogen) atoms.